The van der Waals surface area contributed by atoms with Gasteiger partial charge in [-0.2, -0.15) is 0 Å². The summed E-state index contributed by atoms with van der Waals surface area (Å²) in [5.41, 5.74) is 2.14. The summed E-state index contributed by atoms with van der Waals surface area (Å²) in [6.45, 7) is 8.01. The Morgan fingerprint density at radius 2 is 2.04 bits per heavy atom. The van der Waals surface area contributed by atoms with Crippen molar-refractivity contribution in [1.82, 2.24) is 14.9 Å². The number of imidazole rings is 1. The molecule has 24 heavy (non-hydrogen) atoms. The summed E-state index contributed by atoms with van der Waals surface area (Å²) >= 11 is 0. The van der Waals surface area contributed by atoms with Gasteiger partial charge in [0.05, 0.1) is 19.8 Å². The van der Waals surface area contributed by atoms with Gasteiger partial charge in [-0.15, -0.1) is 0 Å². The van der Waals surface area contributed by atoms with Crippen molar-refractivity contribution in [3.8, 4) is 11.5 Å². The quantitative estimate of drug-likeness (QED) is 0.738. The van der Waals surface area contributed by atoms with Crippen LogP contribution in [0.25, 0.3) is 0 Å². The van der Waals surface area contributed by atoms with Crippen LogP contribution in [0.15, 0.2) is 24.4 Å². The van der Waals surface area contributed by atoms with Gasteiger partial charge in [0.1, 0.15) is 5.82 Å². The van der Waals surface area contributed by atoms with Crippen molar-refractivity contribution in [2.45, 2.75) is 40.0 Å². The minimum absolute atomic E-state index is 0.0965. The van der Waals surface area contributed by atoms with Gasteiger partial charge in [0, 0.05) is 31.5 Å². The van der Waals surface area contributed by atoms with Crippen molar-refractivity contribution in [3.05, 3.63) is 41.5 Å². The van der Waals surface area contributed by atoms with E-state index in [1.54, 1.807) is 7.11 Å². The molecule has 0 aliphatic rings. The lowest BCUT2D eigenvalue weighted by Crippen LogP contribution is -2.26. The van der Waals surface area contributed by atoms with Crippen molar-refractivity contribution in [3.63, 3.8) is 0 Å². The third kappa shape index (κ3) is 5.25. The van der Waals surface area contributed by atoms with Crippen LogP contribution in [0, 0.1) is 6.92 Å². The van der Waals surface area contributed by atoms with E-state index < -0.39 is 0 Å². The first kappa shape index (κ1) is 18.3. The largest absolute Gasteiger partial charge is 0.493 e. The van der Waals surface area contributed by atoms with E-state index in [-0.39, 0.29) is 12.7 Å². The number of methoxy groups -OCH3 is 1. The predicted octanol–water partition coefficient (Wildman–Crippen LogP) is 2.51. The van der Waals surface area contributed by atoms with E-state index in [4.69, 9.17) is 9.47 Å². The van der Waals surface area contributed by atoms with Crippen molar-refractivity contribution in [2.24, 2.45) is 0 Å². The van der Waals surface area contributed by atoms with E-state index in [9.17, 15) is 5.11 Å². The number of aryl methyl sites for hydroxylation is 1. The fourth-order valence-corrected chi connectivity index (χ4v) is 2.57. The van der Waals surface area contributed by atoms with Crippen LogP contribution in [-0.4, -0.2) is 46.3 Å². The van der Waals surface area contributed by atoms with E-state index in [0.29, 0.717) is 19.6 Å². The second kappa shape index (κ2) is 8.70. The SMILES string of the molecule is COc1cc(CN(CCO)Cc2cnc(C)[nH]2)ccc1OC(C)C. The zero-order valence-electron chi connectivity index (χ0n) is 14.9. The molecular weight excluding hydrogens is 306 g/mol. The molecule has 6 nitrogen and oxygen atoms in total. The summed E-state index contributed by atoms with van der Waals surface area (Å²) in [5, 5.41) is 9.33. The van der Waals surface area contributed by atoms with Gasteiger partial charge in [0.2, 0.25) is 0 Å². The van der Waals surface area contributed by atoms with E-state index in [1.165, 1.54) is 0 Å². The summed E-state index contributed by atoms with van der Waals surface area (Å²) in [7, 11) is 1.64. The van der Waals surface area contributed by atoms with Crippen molar-refractivity contribution < 1.29 is 14.6 Å². The molecule has 0 fully saturated rings. The van der Waals surface area contributed by atoms with Crippen LogP contribution in [0.5, 0.6) is 11.5 Å². The molecule has 1 aromatic heterocycles. The molecule has 1 aromatic carbocycles. The first-order valence-corrected chi connectivity index (χ1v) is 8.19. The highest BCUT2D eigenvalue weighted by Crippen LogP contribution is 2.29. The van der Waals surface area contributed by atoms with Gasteiger partial charge in [0.15, 0.2) is 11.5 Å². The molecule has 0 atom stereocenters. The number of aromatic nitrogens is 2. The van der Waals surface area contributed by atoms with Gasteiger partial charge < -0.3 is 19.6 Å². The zero-order chi connectivity index (χ0) is 17.5. The molecule has 6 heteroatoms. The molecule has 0 radical (unpaired) electrons. The summed E-state index contributed by atoms with van der Waals surface area (Å²) in [5.74, 6) is 2.36. The van der Waals surface area contributed by atoms with Crippen LogP contribution >= 0.6 is 0 Å². The lowest BCUT2D eigenvalue weighted by molar-refractivity contribution is 0.182. The van der Waals surface area contributed by atoms with Gasteiger partial charge >= 0.3 is 0 Å². The molecule has 1 heterocycles. The number of benzene rings is 1. The van der Waals surface area contributed by atoms with Crippen LogP contribution in [0.2, 0.25) is 0 Å². The van der Waals surface area contributed by atoms with Gasteiger partial charge in [-0.25, -0.2) is 4.98 Å². The maximum atomic E-state index is 9.33. The molecule has 0 aliphatic carbocycles. The zero-order valence-corrected chi connectivity index (χ0v) is 14.9. The molecule has 2 N–H and O–H groups in total. The number of hydrogen-bond acceptors (Lipinski definition) is 5. The molecule has 0 spiro atoms. The van der Waals surface area contributed by atoms with Crippen molar-refractivity contribution in [1.29, 1.82) is 0 Å². The number of hydrogen-bond donors (Lipinski definition) is 2. The highest BCUT2D eigenvalue weighted by molar-refractivity contribution is 5.43. The molecule has 2 rings (SSSR count). The smallest absolute Gasteiger partial charge is 0.161 e. The third-order valence-corrected chi connectivity index (χ3v) is 3.56. The van der Waals surface area contributed by atoms with Gasteiger partial charge in [-0.05, 0) is 38.5 Å². The average Bonchev–Trinajstić information content (AvgIpc) is 2.93. The van der Waals surface area contributed by atoms with Crippen LogP contribution in [0.3, 0.4) is 0 Å². The lowest BCUT2D eigenvalue weighted by Gasteiger charge is -2.21. The molecule has 132 valence electrons. The molecule has 0 unspecified atom stereocenters. The Morgan fingerprint density at radius 3 is 2.62 bits per heavy atom. The highest BCUT2D eigenvalue weighted by Gasteiger charge is 2.12. The van der Waals surface area contributed by atoms with Crippen molar-refractivity contribution in [2.75, 3.05) is 20.3 Å². The minimum Gasteiger partial charge on any atom is -0.493 e. The van der Waals surface area contributed by atoms with Crippen LogP contribution in [0.4, 0.5) is 0 Å². The number of rotatable bonds is 9. The second-order valence-corrected chi connectivity index (χ2v) is 6.08. The standard InChI is InChI=1S/C18H27N3O3/c1-13(2)24-17-6-5-15(9-18(17)23-4)11-21(7-8-22)12-16-10-19-14(3)20-16/h5-6,9-10,13,22H,7-8,11-12H2,1-4H3,(H,19,20). The van der Waals surface area contributed by atoms with Gasteiger partial charge in [-0.3, -0.25) is 4.90 Å². The lowest BCUT2D eigenvalue weighted by atomic mass is 10.1. The summed E-state index contributed by atoms with van der Waals surface area (Å²) in [4.78, 5) is 9.60. The molecular formula is C18H27N3O3. The van der Waals surface area contributed by atoms with E-state index in [0.717, 1.165) is 28.6 Å². The number of aliphatic hydroxyl groups excluding tert-OH is 1. The monoisotopic (exact) mass is 333 g/mol. The maximum Gasteiger partial charge on any atom is 0.161 e. The molecule has 0 saturated heterocycles. The topological polar surface area (TPSA) is 70.6 Å². The first-order valence-electron chi connectivity index (χ1n) is 8.19. The number of H-pyrrole nitrogens is 1. The Balaban J connectivity index is 2.10. The van der Waals surface area contributed by atoms with Crippen LogP contribution in [0.1, 0.15) is 30.9 Å². The number of nitrogens with one attached hydrogen (secondary N) is 1. The Bertz CT molecular complexity index is 640. The maximum absolute atomic E-state index is 9.33. The van der Waals surface area contributed by atoms with Crippen LogP contribution in [-0.2, 0) is 13.1 Å². The Kier molecular flexibility index (Phi) is 6.63. The van der Waals surface area contributed by atoms with Crippen molar-refractivity contribution >= 4 is 0 Å². The second-order valence-electron chi connectivity index (χ2n) is 6.08. The molecule has 2 aromatic rings. The third-order valence-electron chi connectivity index (χ3n) is 3.56. The Hall–Kier alpha value is -2.05. The number of nitrogens with zero attached hydrogens (tertiary/aromatic N) is 2. The highest BCUT2D eigenvalue weighted by atomic mass is 16.5. The first-order chi connectivity index (χ1) is 11.5. The molecule has 0 bridgehead atoms. The Labute approximate surface area is 143 Å². The number of ether oxygens (including phenoxy) is 2. The predicted molar refractivity (Wildman–Crippen MR) is 93.3 cm³/mol. The normalized spacial score (nSPS) is 11.3. The van der Waals surface area contributed by atoms with Gasteiger partial charge in [-0.1, -0.05) is 6.07 Å². The van der Waals surface area contributed by atoms with Crippen LogP contribution < -0.4 is 9.47 Å². The summed E-state index contributed by atoms with van der Waals surface area (Å²) < 4.78 is 11.2. The average molecular weight is 333 g/mol. The van der Waals surface area contributed by atoms with E-state index >= 15 is 0 Å². The molecule has 0 aliphatic heterocycles. The fraction of sp³-hybridized carbons (Fsp3) is 0.500. The summed E-state index contributed by atoms with van der Waals surface area (Å²) in [6, 6.07) is 5.95. The van der Waals surface area contributed by atoms with Gasteiger partial charge in [0.25, 0.3) is 0 Å². The number of aromatic amines is 1. The summed E-state index contributed by atoms with van der Waals surface area (Å²) in [6.07, 6.45) is 1.93. The number of aliphatic hydroxyl groups is 1. The van der Waals surface area contributed by atoms with E-state index in [1.807, 2.05) is 45.2 Å². The minimum atomic E-state index is 0.0965. The molecule has 0 amide bonds. The fourth-order valence-electron chi connectivity index (χ4n) is 2.57. The Morgan fingerprint density at radius 1 is 1.25 bits per heavy atom. The molecule has 0 saturated carbocycles. The van der Waals surface area contributed by atoms with E-state index in [2.05, 4.69) is 14.9 Å².